The van der Waals surface area contributed by atoms with Gasteiger partial charge in [0.1, 0.15) is 11.5 Å². The highest BCUT2D eigenvalue weighted by atomic mass is 32.2. The molecule has 0 saturated carbocycles. The minimum Gasteiger partial charge on any atom is -0.494 e. The van der Waals surface area contributed by atoms with Crippen LogP contribution in [0.3, 0.4) is 0 Å². The number of hydrogen-bond donors (Lipinski definition) is 1. The summed E-state index contributed by atoms with van der Waals surface area (Å²) < 4.78 is 37.0. The van der Waals surface area contributed by atoms with Crippen LogP contribution in [0.25, 0.3) is 0 Å². The number of nitrogens with one attached hydrogen (secondary N) is 1. The van der Waals surface area contributed by atoms with Crippen LogP contribution in [0.15, 0.2) is 72.8 Å². The van der Waals surface area contributed by atoms with Gasteiger partial charge in [0.2, 0.25) is 10.0 Å². The molecule has 3 aromatic carbocycles. The largest absolute Gasteiger partial charge is 0.494 e. The predicted molar refractivity (Wildman–Crippen MR) is 131 cm³/mol. The number of sulfonamides is 1. The van der Waals surface area contributed by atoms with Crippen LogP contribution in [-0.2, 0) is 16.6 Å². The number of benzene rings is 3. The van der Waals surface area contributed by atoms with Crippen molar-refractivity contribution in [3.63, 3.8) is 0 Å². The van der Waals surface area contributed by atoms with Crippen molar-refractivity contribution < 1.29 is 22.7 Å². The summed E-state index contributed by atoms with van der Waals surface area (Å²) in [6.07, 6.45) is 1.17. The van der Waals surface area contributed by atoms with E-state index in [1.165, 1.54) is 10.6 Å². The smallest absolute Gasteiger partial charge is 0.255 e. The number of carbonyl (C=O) groups is 1. The van der Waals surface area contributed by atoms with Crippen molar-refractivity contribution in [2.45, 2.75) is 20.4 Å². The van der Waals surface area contributed by atoms with Gasteiger partial charge < -0.3 is 14.8 Å². The molecule has 0 aliphatic carbocycles. The van der Waals surface area contributed by atoms with Crippen molar-refractivity contribution in [2.24, 2.45) is 0 Å². The Morgan fingerprint density at radius 2 is 1.33 bits per heavy atom. The fourth-order valence-electron chi connectivity index (χ4n) is 3.21. The topological polar surface area (TPSA) is 84.9 Å². The molecular weight excluding hydrogens is 440 g/mol. The number of anilines is 2. The number of carbonyl (C=O) groups excluding carboxylic acids is 1. The van der Waals surface area contributed by atoms with Crippen LogP contribution in [-0.4, -0.2) is 33.8 Å². The molecule has 0 fully saturated rings. The Labute approximate surface area is 195 Å². The minimum absolute atomic E-state index is 0.146. The Morgan fingerprint density at radius 3 is 1.82 bits per heavy atom. The molecule has 0 aromatic heterocycles. The summed E-state index contributed by atoms with van der Waals surface area (Å²) in [5.41, 5.74) is 2.43. The molecule has 0 saturated heterocycles. The van der Waals surface area contributed by atoms with Gasteiger partial charge in [-0.25, -0.2) is 8.42 Å². The molecule has 0 heterocycles. The van der Waals surface area contributed by atoms with Crippen LogP contribution >= 0.6 is 0 Å². The zero-order valence-electron chi connectivity index (χ0n) is 18.9. The maximum absolute atomic E-state index is 12.6. The third-order valence-corrected chi connectivity index (χ3v) is 5.94. The van der Waals surface area contributed by atoms with Crippen LogP contribution in [0.2, 0.25) is 0 Å². The van der Waals surface area contributed by atoms with E-state index in [1.54, 1.807) is 72.8 Å². The van der Waals surface area contributed by atoms with E-state index in [9.17, 15) is 13.2 Å². The maximum Gasteiger partial charge on any atom is 0.255 e. The second kappa shape index (κ2) is 10.9. The molecule has 1 N–H and O–H groups in total. The monoisotopic (exact) mass is 468 g/mol. The molecule has 0 aliphatic heterocycles. The molecular formula is C25H28N2O5S. The van der Waals surface area contributed by atoms with E-state index < -0.39 is 10.0 Å². The molecule has 0 bridgehead atoms. The summed E-state index contributed by atoms with van der Waals surface area (Å²) in [5, 5.41) is 2.84. The van der Waals surface area contributed by atoms with Crippen LogP contribution in [0.5, 0.6) is 11.5 Å². The van der Waals surface area contributed by atoms with Crippen molar-refractivity contribution in [3.8, 4) is 11.5 Å². The van der Waals surface area contributed by atoms with Gasteiger partial charge in [0, 0.05) is 11.3 Å². The normalized spacial score (nSPS) is 11.0. The Morgan fingerprint density at radius 1 is 0.818 bits per heavy atom. The van der Waals surface area contributed by atoms with E-state index in [0.29, 0.717) is 35.9 Å². The average Bonchev–Trinajstić information content (AvgIpc) is 2.79. The quantitative estimate of drug-likeness (QED) is 0.466. The van der Waals surface area contributed by atoms with Gasteiger partial charge in [-0.15, -0.1) is 0 Å². The van der Waals surface area contributed by atoms with E-state index in [4.69, 9.17) is 9.47 Å². The zero-order valence-corrected chi connectivity index (χ0v) is 19.8. The van der Waals surface area contributed by atoms with E-state index in [2.05, 4.69) is 5.32 Å². The third-order valence-electron chi connectivity index (χ3n) is 4.80. The molecule has 8 heteroatoms. The molecule has 3 aromatic rings. The Kier molecular flexibility index (Phi) is 7.95. The second-order valence-electron chi connectivity index (χ2n) is 7.30. The van der Waals surface area contributed by atoms with Gasteiger partial charge in [-0.1, -0.05) is 12.1 Å². The van der Waals surface area contributed by atoms with Gasteiger partial charge in [0.25, 0.3) is 5.91 Å². The predicted octanol–water partition coefficient (Wildman–Crippen LogP) is 4.70. The van der Waals surface area contributed by atoms with Crippen molar-refractivity contribution in [1.29, 1.82) is 0 Å². The highest BCUT2D eigenvalue weighted by Crippen LogP contribution is 2.24. The number of hydrogen-bond acceptors (Lipinski definition) is 5. The SMILES string of the molecule is CCOc1ccc(NC(=O)c2ccc(CN(c3ccc(OCC)cc3)S(C)(=O)=O)cc2)cc1. The van der Waals surface area contributed by atoms with Crippen molar-refractivity contribution in [1.82, 2.24) is 0 Å². The van der Waals surface area contributed by atoms with Crippen LogP contribution in [0.1, 0.15) is 29.8 Å². The van der Waals surface area contributed by atoms with Crippen molar-refractivity contribution in [2.75, 3.05) is 29.1 Å². The first-order valence-corrected chi connectivity index (χ1v) is 12.5. The van der Waals surface area contributed by atoms with Gasteiger partial charge in [-0.05, 0) is 80.1 Å². The zero-order chi connectivity index (χ0) is 23.8. The lowest BCUT2D eigenvalue weighted by molar-refractivity contribution is 0.102. The average molecular weight is 469 g/mol. The van der Waals surface area contributed by atoms with Gasteiger partial charge in [-0.3, -0.25) is 9.10 Å². The standard InChI is InChI=1S/C25H28N2O5S/c1-4-31-23-14-10-21(11-15-23)26-25(28)20-8-6-19(7-9-20)18-27(33(3,29)30)22-12-16-24(17-13-22)32-5-2/h6-17H,4-5,18H2,1-3H3,(H,26,28). The number of amides is 1. The summed E-state index contributed by atoms with van der Waals surface area (Å²) in [4.78, 5) is 12.6. The summed E-state index contributed by atoms with van der Waals surface area (Å²) in [5.74, 6) is 1.16. The highest BCUT2D eigenvalue weighted by Gasteiger charge is 2.18. The van der Waals surface area contributed by atoms with E-state index in [0.717, 1.165) is 11.3 Å². The lowest BCUT2D eigenvalue weighted by Crippen LogP contribution is -2.29. The molecule has 1 amide bonds. The Bertz CT molecular complexity index is 1160. The van der Waals surface area contributed by atoms with Gasteiger partial charge >= 0.3 is 0 Å². The molecule has 0 spiro atoms. The highest BCUT2D eigenvalue weighted by molar-refractivity contribution is 7.92. The summed E-state index contributed by atoms with van der Waals surface area (Å²) >= 11 is 0. The van der Waals surface area contributed by atoms with Gasteiger partial charge in [0.15, 0.2) is 0 Å². The van der Waals surface area contributed by atoms with Gasteiger partial charge in [-0.2, -0.15) is 0 Å². The molecule has 0 radical (unpaired) electrons. The van der Waals surface area contributed by atoms with Crippen LogP contribution < -0.4 is 19.1 Å². The molecule has 0 atom stereocenters. The Hall–Kier alpha value is -3.52. The fourth-order valence-corrected chi connectivity index (χ4v) is 4.10. The number of ether oxygens (including phenoxy) is 2. The van der Waals surface area contributed by atoms with Crippen LogP contribution in [0.4, 0.5) is 11.4 Å². The Balaban J connectivity index is 1.70. The van der Waals surface area contributed by atoms with Crippen molar-refractivity contribution in [3.05, 3.63) is 83.9 Å². The summed E-state index contributed by atoms with van der Waals surface area (Å²) in [6, 6.07) is 20.9. The van der Waals surface area contributed by atoms with E-state index in [1.807, 2.05) is 13.8 Å². The summed E-state index contributed by atoms with van der Waals surface area (Å²) in [7, 11) is -3.51. The number of rotatable bonds is 10. The fraction of sp³-hybridized carbons (Fsp3) is 0.240. The van der Waals surface area contributed by atoms with Gasteiger partial charge in [0.05, 0.1) is 31.7 Å². The first-order chi connectivity index (χ1) is 15.8. The second-order valence-corrected chi connectivity index (χ2v) is 9.21. The van der Waals surface area contributed by atoms with E-state index >= 15 is 0 Å². The first kappa shape index (κ1) is 24.1. The molecule has 0 unspecified atom stereocenters. The molecule has 0 aliphatic rings. The van der Waals surface area contributed by atoms with Crippen molar-refractivity contribution >= 4 is 27.3 Å². The first-order valence-electron chi connectivity index (χ1n) is 10.6. The lowest BCUT2D eigenvalue weighted by Gasteiger charge is -2.23. The number of nitrogens with zero attached hydrogens (tertiary/aromatic N) is 1. The summed E-state index contributed by atoms with van der Waals surface area (Å²) in [6.45, 7) is 5.06. The third kappa shape index (κ3) is 6.73. The molecule has 174 valence electrons. The minimum atomic E-state index is -3.51. The molecule has 33 heavy (non-hydrogen) atoms. The molecule has 7 nitrogen and oxygen atoms in total. The lowest BCUT2D eigenvalue weighted by atomic mass is 10.1. The maximum atomic E-state index is 12.6. The van der Waals surface area contributed by atoms with E-state index in [-0.39, 0.29) is 12.5 Å². The molecule has 3 rings (SSSR count). The van der Waals surface area contributed by atoms with Crippen LogP contribution in [0, 0.1) is 0 Å².